The SMILES string of the molecule is CC1(CO)CCCC2(C)C1CCC13CC(=O)C1C(=O)CCC23. The van der Waals surface area contributed by atoms with E-state index in [2.05, 4.69) is 13.8 Å². The van der Waals surface area contributed by atoms with Crippen molar-refractivity contribution in [3.8, 4) is 0 Å². The van der Waals surface area contributed by atoms with Gasteiger partial charge in [-0.05, 0) is 60.2 Å². The fourth-order valence-electron chi connectivity index (χ4n) is 7.37. The maximum Gasteiger partial charge on any atom is 0.144 e. The number of fused-ring (bicyclic) bond motifs is 2. The Hall–Kier alpha value is -0.700. The van der Waals surface area contributed by atoms with Crippen molar-refractivity contribution in [2.45, 2.75) is 65.2 Å². The summed E-state index contributed by atoms with van der Waals surface area (Å²) >= 11 is 0. The fraction of sp³-hybridized carbons (Fsp3) is 0.895. The fourth-order valence-corrected chi connectivity index (χ4v) is 7.37. The van der Waals surface area contributed by atoms with Crippen LogP contribution in [0, 0.1) is 34.0 Å². The molecule has 0 bridgehead atoms. The number of carbonyl (C=O) groups excluding carboxylic acids is 2. The van der Waals surface area contributed by atoms with Crippen LogP contribution < -0.4 is 0 Å². The van der Waals surface area contributed by atoms with E-state index in [0.29, 0.717) is 24.7 Å². The van der Waals surface area contributed by atoms with E-state index in [4.69, 9.17) is 0 Å². The third-order valence-electron chi connectivity index (χ3n) is 8.25. The average Bonchev–Trinajstić information content (AvgIpc) is 2.45. The Kier molecular flexibility index (Phi) is 3.00. The highest BCUT2D eigenvalue weighted by molar-refractivity contribution is 6.09. The topological polar surface area (TPSA) is 54.4 Å². The lowest BCUT2D eigenvalue weighted by atomic mass is 9.34. The van der Waals surface area contributed by atoms with Gasteiger partial charge in [0.25, 0.3) is 0 Å². The van der Waals surface area contributed by atoms with Gasteiger partial charge >= 0.3 is 0 Å². The van der Waals surface area contributed by atoms with Crippen molar-refractivity contribution in [2.75, 3.05) is 6.61 Å². The summed E-state index contributed by atoms with van der Waals surface area (Å²) < 4.78 is 0. The largest absolute Gasteiger partial charge is 0.396 e. The van der Waals surface area contributed by atoms with E-state index < -0.39 is 0 Å². The van der Waals surface area contributed by atoms with Crippen LogP contribution in [0.5, 0.6) is 0 Å². The Morgan fingerprint density at radius 3 is 2.50 bits per heavy atom. The molecule has 0 aromatic rings. The lowest BCUT2D eigenvalue weighted by molar-refractivity contribution is -0.207. The van der Waals surface area contributed by atoms with Gasteiger partial charge in [-0.15, -0.1) is 0 Å². The summed E-state index contributed by atoms with van der Waals surface area (Å²) in [5.41, 5.74) is 0.221. The van der Waals surface area contributed by atoms with Gasteiger partial charge < -0.3 is 5.11 Å². The summed E-state index contributed by atoms with van der Waals surface area (Å²) in [6.07, 6.45) is 7.81. The van der Waals surface area contributed by atoms with Crippen LogP contribution in [-0.4, -0.2) is 23.3 Å². The van der Waals surface area contributed by atoms with Crippen LogP contribution in [0.25, 0.3) is 0 Å². The lowest BCUT2D eigenvalue weighted by Crippen LogP contribution is -2.67. The maximum absolute atomic E-state index is 12.3. The van der Waals surface area contributed by atoms with Crippen LogP contribution in [0.1, 0.15) is 65.2 Å². The maximum atomic E-state index is 12.3. The van der Waals surface area contributed by atoms with Crippen LogP contribution in [0.3, 0.4) is 0 Å². The first-order valence-electron chi connectivity index (χ1n) is 9.04. The second kappa shape index (κ2) is 4.43. The number of hydrogen-bond acceptors (Lipinski definition) is 3. The predicted molar refractivity (Wildman–Crippen MR) is 83.2 cm³/mol. The summed E-state index contributed by atoms with van der Waals surface area (Å²) in [4.78, 5) is 24.4. The van der Waals surface area contributed by atoms with Gasteiger partial charge in [0, 0.05) is 19.4 Å². The molecule has 4 saturated carbocycles. The molecule has 3 heteroatoms. The minimum Gasteiger partial charge on any atom is -0.396 e. The van der Waals surface area contributed by atoms with Gasteiger partial charge in [-0.2, -0.15) is 0 Å². The number of hydrogen-bond donors (Lipinski definition) is 1. The van der Waals surface area contributed by atoms with Gasteiger partial charge in [-0.3, -0.25) is 9.59 Å². The third-order valence-corrected chi connectivity index (χ3v) is 8.25. The summed E-state index contributed by atoms with van der Waals surface area (Å²) in [7, 11) is 0. The third kappa shape index (κ3) is 1.56. The van der Waals surface area contributed by atoms with Crippen molar-refractivity contribution < 1.29 is 14.7 Å². The quantitative estimate of drug-likeness (QED) is 0.757. The van der Waals surface area contributed by atoms with Gasteiger partial charge in [0.1, 0.15) is 11.6 Å². The minimum absolute atomic E-state index is 0.00856. The monoisotopic (exact) mass is 304 g/mol. The first-order chi connectivity index (χ1) is 10.4. The number of carbonyl (C=O) groups is 2. The summed E-state index contributed by atoms with van der Waals surface area (Å²) in [6.45, 7) is 4.94. The van der Waals surface area contributed by atoms with E-state index in [1.807, 2.05) is 0 Å². The van der Waals surface area contributed by atoms with Crippen molar-refractivity contribution in [3.63, 3.8) is 0 Å². The summed E-state index contributed by atoms with van der Waals surface area (Å²) in [5, 5.41) is 10.0. The first-order valence-corrected chi connectivity index (χ1v) is 9.04. The molecule has 0 aliphatic heterocycles. The van der Waals surface area contributed by atoms with Gasteiger partial charge in [-0.25, -0.2) is 0 Å². The molecule has 1 N–H and O–H groups in total. The molecule has 0 aromatic heterocycles. The van der Waals surface area contributed by atoms with Crippen LogP contribution >= 0.6 is 0 Å². The molecule has 4 aliphatic rings. The molecule has 0 heterocycles. The Labute approximate surface area is 132 Å². The van der Waals surface area contributed by atoms with Crippen molar-refractivity contribution in [1.82, 2.24) is 0 Å². The lowest BCUT2D eigenvalue weighted by Gasteiger charge is -2.68. The zero-order chi connectivity index (χ0) is 15.8. The van der Waals surface area contributed by atoms with E-state index in [1.165, 1.54) is 12.8 Å². The molecule has 1 spiro atoms. The zero-order valence-corrected chi connectivity index (χ0v) is 13.9. The number of rotatable bonds is 1. The van der Waals surface area contributed by atoms with Crippen molar-refractivity contribution >= 4 is 11.6 Å². The smallest absolute Gasteiger partial charge is 0.144 e. The molecule has 22 heavy (non-hydrogen) atoms. The normalized spacial score (nSPS) is 54.0. The van der Waals surface area contributed by atoms with Gasteiger partial charge in [0.05, 0.1) is 5.92 Å². The molecule has 0 saturated heterocycles. The van der Waals surface area contributed by atoms with Crippen molar-refractivity contribution in [3.05, 3.63) is 0 Å². The first kappa shape index (κ1) is 14.9. The second-order valence-corrected chi connectivity index (χ2v) is 9.13. The highest BCUT2D eigenvalue weighted by Crippen LogP contribution is 2.71. The molecular formula is C19H28O3. The average molecular weight is 304 g/mol. The Bertz CT molecular complexity index is 541. The second-order valence-electron chi connectivity index (χ2n) is 9.13. The molecule has 4 aliphatic carbocycles. The van der Waals surface area contributed by atoms with E-state index in [0.717, 1.165) is 25.7 Å². The van der Waals surface area contributed by atoms with Crippen LogP contribution in [0.15, 0.2) is 0 Å². The van der Waals surface area contributed by atoms with Crippen LogP contribution in [0.2, 0.25) is 0 Å². The van der Waals surface area contributed by atoms with E-state index in [-0.39, 0.29) is 40.3 Å². The Balaban J connectivity index is 1.75. The summed E-state index contributed by atoms with van der Waals surface area (Å²) in [5.74, 6) is 1.20. The Morgan fingerprint density at radius 1 is 1.05 bits per heavy atom. The highest BCUT2D eigenvalue weighted by Gasteiger charge is 2.70. The number of aliphatic hydroxyl groups excluding tert-OH is 1. The van der Waals surface area contributed by atoms with Crippen LogP contribution in [-0.2, 0) is 9.59 Å². The molecule has 122 valence electrons. The molecule has 6 atom stereocenters. The molecule has 3 nitrogen and oxygen atoms in total. The summed E-state index contributed by atoms with van der Waals surface area (Å²) in [6, 6.07) is 0. The number of aliphatic hydroxyl groups is 1. The minimum atomic E-state index is -0.272. The predicted octanol–water partition coefficient (Wildman–Crippen LogP) is 3.14. The standard InChI is InChI=1S/C19H28O3/c1-17(11-20)7-3-8-18(2)14(17)6-9-19-10-13(22)16(19)12(21)4-5-15(18)19/h14-16,20H,3-11H2,1-2H3. The molecule has 0 aromatic carbocycles. The van der Waals surface area contributed by atoms with Gasteiger partial charge in [0.15, 0.2) is 0 Å². The Morgan fingerprint density at radius 2 is 1.82 bits per heavy atom. The number of ketones is 2. The number of Topliss-reactive ketones (excluding diaryl/α,β-unsaturated/α-hetero) is 2. The zero-order valence-electron chi connectivity index (χ0n) is 13.9. The van der Waals surface area contributed by atoms with E-state index in [9.17, 15) is 14.7 Å². The van der Waals surface area contributed by atoms with Crippen molar-refractivity contribution in [2.24, 2.45) is 34.0 Å². The molecule has 4 rings (SSSR count). The molecule has 0 radical (unpaired) electrons. The molecule has 4 fully saturated rings. The molecule has 6 unspecified atom stereocenters. The van der Waals surface area contributed by atoms with E-state index >= 15 is 0 Å². The molecular weight excluding hydrogens is 276 g/mol. The van der Waals surface area contributed by atoms with E-state index in [1.54, 1.807) is 0 Å². The molecule has 0 amide bonds. The van der Waals surface area contributed by atoms with Gasteiger partial charge in [-0.1, -0.05) is 20.3 Å². The van der Waals surface area contributed by atoms with Gasteiger partial charge in [0.2, 0.25) is 0 Å². The van der Waals surface area contributed by atoms with Crippen LogP contribution in [0.4, 0.5) is 0 Å². The van der Waals surface area contributed by atoms with Crippen molar-refractivity contribution in [1.29, 1.82) is 0 Å². The highest BCUT2D eigenvalue weighted by atomic mass is 16.3.